The number of thiophene rings is 1. The Morgan fingerprint density at radius 2 is 2.00 bits per heavy atom. The standard InChI is InChI=1S/C14H11N3O3S/c15-12-6-5-11(21-12)14-16-13(17-20-14)10-7-18-8-3-1-2-4-9(8)19-10/h1-6,10H,7,15H2. The zero-order chi connectivity index (χ0) is 14.2. The SMILES string of the molecule is Nc1ccc(-c2nc(C3COc4ccccc4O3)no2)s1. The van der Waals surface area contributed by atoms with Crippen LogP contribution >= 0.6 is 11.3 Å². The van der Waals surface area contributed by atoms with Gasteiger partial charge in [-0.25, -0.2) is 0 Å². The molecule has 1 unspecified atom stereocenters. The van der Waals surface area contributed by atoms with Crippen LogP contribution in [0, 0.1) is 0 Å². The van der Waals surface area contributed by atoms with Crippen LogP contribution < -0.4 is 15.2 Å². The van der Waals surface area contributed by atoms with Crippen molar-refractivity contribution in [1.29, 1.82) is 0 Å². The first-order chi connectivity index (χ1) is 10.3. The summed E-state index contributed by atoms with van der Waals surface area (Å²) in [5, 5.41) is 4.68. The zero-order valence-electron chi connectivity index (χ0n) is 10.9. The molecule has 0 fully saturated rings. The number of ether oxygens (including phenoxy) is 2. The van der Waals surface area contributed by atoms with Gasteiger partial charge in [-0.15, -0.1) is 11.3 Å². The van der Waals surface area contributed by atoms with E-state index >= 15 is 0 Å². The Morgan fingerprint density at radius 3 is 2.81 bits per heavy atom. The molecule has 1 atom stereocenters. The van der Waals surface area contributed by atoms with E-state index in [1.54, 1.807) is 6.07 Å². The van der Waals surface area contributed by atoms with Crippen LogP contribution in [-0.2, 0) is 0 Å². The van der Waals surface area contributed by atoms with Crippen LogP contribution in [-0.4, -0.2) is 16.7 Å². The van der Waals surface area contributed by atoms with Crippen molar-refractivity contribution in [2.45, 2.75) is 6.10 Å². The van der Waals surface area contributed by atoms with Crippen LogP contribution in [0.4, 0.5) is 5.00 Å². The third-order valence-electron chi connectivity index (χ3n) is 3.08. The highest BCUT2D eigenvalue weighted by Crippen LogP contribution is 2.36. The molecule has 0 amide bonds. The van der Waals surface area contributed by atoms with Crippen LogP contribution in [0.3, 0.4) is 0 Å². The van der Waals surface area contributed by atoms with Gasteiger partial charge >= 0.3 is 0 Å². The largest absolute Gasteiger partial charge is 0.485 e. The number of hydrogen-bond donors (Lipinski definition) is 1. The fourth-order valence-corrected chi connectivity index (χ4v) is 2.78. The van der Waals surface area contributed by atoms with Gasteiger partial charge in [-0.2, -0.15) is 4.98 Å². The number of anilines is 1. The van der Waals surface area contributed by atoms with E-state index in [1.807, 2.05) is 30.3 Å². The minimum absolute atomic E-state index is 0.350. The molecule has 1 aromatic carbocycles. The smallest absolute Gasteiger partial charge is 0.268 e. The van der Waals surface area contributed by atoms with E-state index in [4.69, 9.17) is 19.7 Å². The summed E-state index contributed by atoms with van der Waals surface area (Å²) < 4.78 is 16.8. The minimum atomic E-state index is -0.380. The summed E-state index contributed by atoms with van der Waals surface area (Å²) in [4.78, 5) is 5.20. The van der Waals surface area contributed by atoms with E-state index in [-0.39, 0.29) is 6.10 Å². The summed E-state index contributed by atoms with van der Waals surface area (Å²) in [5.41, 5.74) is 5.70. The molecule has 0 radical (unpaired) electrons. The highest BCUT2D eigenvalue weighted by molar-refractivity contribution is 7.19. The number of benzene rings is 1. The van der Waals surface area contributed by atoms with Gasteiger partial charge in [0.05, 0.1) is 9.88 Å². The number of para-hydroxylation sites is 2. The van der Waals surface area contributed by atoms with Crippen LogP contribution in [0.15, 0.2) is 40.9 Å². The Balaban J connectivity index is 1.60. The Bertz CT molecular complexity index is 783. The van der Waals surface area contributed by atoms with Crippen LogP contribution in [0.5, 0.6) is 11.5 Å². The molecule has 3 aromatic rings. The van der Waals surface area contributed by atoms with Gasteiger partial charge in [0.2, 0.25) is 5.82 Å². The van der Waals surface area contributed by atoms with Gasteiger partial charge in [0.25, 0.3) is 5.89 Å². The Kier molecular flexibility index (Phi) is 2.78. The van der Waals surface area contributed by atoms with Crippen LogP contribution in [0.1, 0.15) is 11.9 Å². The maximum Gasteiger partial charge on any atom is 0.268 e. The lowest BCUT2D eigenvalue weighted by molar-refractivity contribution is 0.0832. The second-order valence-corrected chi connectivity index (χ2v) is 5.64. The molecule has 7 heteroatoms. The van der Waals surface area contributed by atoms with Crippen LogP contribution in [0.2, 0.25) is 0 Å². The van der Waals surface area contributed by atoms with Crippen molar-refractivity contribution in [2.24, 2.45) is 0 Å². The summed E-state index contributed by atoms with van der Waals surface area (Å²) in [6.07, 6.45) is -0.380. The lowest BCUT2D eigenvalue weighted by Crippen LogP contribution is -2.22. The average molecular weight is 301 g/mol. The highest BCUT2D eigenvalue weighted by atomic mass is 32.1. The average Bonchev–Trinajstić information content (AvgIpc) is 3.15. The molecule has 6 nitrogen and oxygen atoms in total. The quantitative estimate of drug-likeness (QED) is 0.783. The predicted octanol–water partition coefficient (Wildman–Crippen LogP) is 2.89. The molecule has 21 heavy (non-hydrogen) atoms. The molecule has 0 aliphatic carbocycles. The second kappa shape index (κ2) is 4.78. The first-order valence-electron chi connectivity index (χ1n) is 6.37. The third-order valence-corrected chi connectivity index (χ3v) is 3.98. The van der Waals surface area contributed by atoms with Crippen molar-refractivity contribution in [3.63, 3.8) is 0 Å². The maximum absolute atomic E-state index is 5.84. The normalized spacial score (nSPS) is 16.9. The van der Waals surface area contributed by atoms with E-state index in [9.17, 15) is 0 Å². The molecule has 0 bridgehead atoms. The van der Waals surface area contributed by atoms with Gasteiger partial charge in [0, 0.05) is 0 Å². The van der Waals surface area contributed by atoms with Gasteiger partial charge in [-0.05, 0) is 24.3 Å². The molecule has 2 N–H and O–H groups in total. The molecular weight excluding hydrogens is 290 g/mol. The Hall–Kier alpha value is -2.54. The number of fused-ring (bicyclic) bond motifs is 1. The number of hydrogen-bond acceptors (Lipinski definition) is 7. The third kappa shape index (κ3) is 2.21. The molecule has 106 valence electrons. The Morgan fingerprint density at radius 1 is 1.14 bits per heavy atom. The number of nitrogens with two attached hydrogens (primary N) is 1. The highest BCUT2D eigenvalue weighted by Gasteiger charge is 2.27. The van der Waals surface area contributed by atoms with E-state index in [1.165, 1.54) is 11.3 Å². The maximum atomic E-state index is 5.84. The molecule has 1 aliphatic heterocycles. The van der Waals surface area contributed by atoms with Crippen molar-refractivity contribution in [3.05, 3.63) is 42.2 Å². The Labute approximate surface area is 124 Å². The van der Waals surface area contributed by atoms with E-state index in [0.717, 1.165) is 10.6 Å². The monoisotopic (exact) mass is 301 g/mol. The zero-order valence-corrected chi connectivity index (χ0v) is 11.7. The van der Waals surface area contributed by atoms with Crippen molar-refractivity contribution in [3.8, 4) is 22.3 Å². The van der Waals surface area contributed by atoms with Gasteiger partial charge in [0.15, 0.2) is 17.6 Å². The molecule has 4 rings (SSSR count). The molecule has 0 saturated carbocycles. The summed E-state index contributed by atoms with van der Waals surface area (Å²) >= 11 is 1.40. The predicted molar refractivity (Wildman–Crippen MR) is 77.3 cm³/mol. The van der Waals surface area contributed by atoms with Gasteiger partial charge in [-0.3, -0.25) is 0 Å². The van der Waals surface area contributed by atoms with Crippen molar-refractivity contribution in [2.75, 3.05) is 12.3 Å². The van der Waals surface area contributed by atoms with E-state index < -0.39 is 0 Å². The second-order valence-electron chi connectivity index (χ2n) is 4.52. The van der Waals surface area contributed by atoms with Gasteiger partial charge in [-0.1, -0.05) is 17.3 Å². The first kappa shape index (κ1) is 12.2. The summed E-state index contributed by atoms with van der Waals surface area (Å²) in [6, 6.07) is 11.2. The number of nitrogens with zero attached hydrogens (tertiary/aromatic N) is 2. The lowest BCUT2D eigenvalue weighted by Gasteiger charge is -2.24. The van der Waals surface area contributed by atoms with Crippen molar-refractivity contribution < 1.29 is 14.0 Å². The van der Waals surface area contributed by atoms with Crippen molar-refractivity contribution in [1.82, 2.24) is 10.1 Å². The molecule has 3 heterocycles. The number of rotatable bonds is 2. The summed E-state index contributed by atoms with van der Waals surface area (Å²) in [7, 11) is 0. The molecule has 2 aromatic heterocycles. The van der Waals surface area contributed by atoms with Gasteiger partial charge in [0.1, 0.15) is 6.61 Å². The summed E-state index contributed by atoms with van der Waals surface area (Å²) in [6.45, 7) is 0.350. The fraction of sp³-hybridized carbons (Fsp3) is 0.143. The van der Waals surface area contributed by atoms with Crippen LogP contribution in [0.25, 0.3) is 10.8 Å². The van der Waals surface area contributed by atoms with E-state index in [0.29, 0.717) is 29.1 Å². The molecule has 0 spiro atoms. The topological polar surface area (TPSA) is 83.4 Å². The van der Waals surface area contributed by atoms with Crippen molar-refractivity contribution >= 4 is 16.3 Å². The van der Waals surface area contributed by atoms with E-state index in [2.05, 4.69) is 10.1 Å². The lowest BCUT2D eigenvalue weighted by atomic mass is 10.2. The molecule has 0 saturated heterocycles. The molecule has 1 aliphatic rings. The number of aromatic nitrogens is 2. The first-order valence-corrected chi connectivity index (χ1v) is 7.19. The van der Waals surface area contributed by atoms with Gasteiger partial charge < -0.3 is 19.7 Å². The minimum Gasteiger partial charge on any atom is -0.485 e. The fourth-order valence-electron chi connectivity index (χ4n) is 2.08. The number of nitrogen functional groups attached to an aromatic ring is 1. The molecular formula is C14H11N3O3S. The summed E-state index contributed by atoms with van der Waals surface area (Å²) in [5.74, 6) is 2.31.